The topological polar surface area (TPSA) is 54.6 Å². The SMILES string of the molecule is CCCCN(C)CC1CCN(Cc2nc(COc3ccc(F)cc3)no2)CC1. The quantitative estimate of drug-likeness (QED) is 0.616. The number of ether oxygens (including phenoxy) is 1. The molecule has 0 N–H and O–H groups in total. The zero-order valence-electron chi connectivity index (χ0n) is 16.9. The average molecular weight is 391 g/mol. The van der Waals surface area contributed by atoms with Crippen LogP contribution in [-0.4, -0.2) is 53.2 Å². The number of hydrogen-bond donors (Lipinski definition) is 0. The van der Waals surface area contributed by atoms with Gasteiger partial charge < -0.3 is 14.2 Å². The molecule has 1 aromatic heterocycles. The largest absolute Gasteiger partial charge is 0.485 e. The van der Waals surface area contributed by atoms with Gasteiger partial charge in [0, 0.05) is 6.54 Å². The van der Waals surface area contributed by atoms with Crippen molar-refractivity contribution in [3.8, 4) is 5.75 Å². The van der Waals surface area contributed by atoms with Crippen molar-refractivity contribution < 1.29 is 13.7 Å². The highest BCUT2D eigenvalue weighted by Gasteiger charge is 2.22. The first-order valence-corrected chi connectivity index (χ1v) is 10.2. The van der Waals surface area contributed by atoms with Gasteiger partial charge in [-0.3, -0.25) is 4.90 Å². The number of rotatable bonds is 10. The van der Waals surface area contributed by atoms with E-state index in [2.05, 4.69) is 33.9 Å². The molecular weight excluding hydrogens is 359 g/mol. The lowest BCUT2D eigenvalue weighted by Gasteiger charge is -2.33. The lowest BCUT2D eigenvalue weighted by molar-refractivity contribution is 0.137. The second-order valence-corrected chi connectivity index (χ2v) is 7.68. The number of benzene rings is 1. The lowest BCUT2D eigenvalue weighted by atomic mass is 9.96. The van der Waals surface area contributed by atoms with Crippen LogP contribution in [-0.2, 0) is 13.2 Å². The van der Waals surface area contributed by atoms with Crippen LogP contribution in [0.2, 0.25) is 0 Å². The summed E-state index contributed by atoms with van der Waals surface area (Å²) in [5.74, 6) is 2.20. The Kier molecular flexibility index (Phi) is 7.80. The highest BCUT2D eigenvalue weighted by Crippen LogP contribution is 2.20. The summed E-state index contributed by atoms with van der Waals surface area (Å²) in [6.07, 6.45) is 4.96. The summed E-state index contributed by atoms with van der Waals surface area (Å²) in [4.78, 5) is 9.25. The maximum Gasteiger partial charge on any atom is 0.240 e. The molecule has 2 aromatic rings. The Balaban J connectivity index is 1.38. The number of likely N-dealkylation sites (tertiary alicyclic amines) is 1. The van der Waals surface area contributed by atoms with E-state index in [9.17, 15) is 4.39 Å². The smallest absolute Gasteiger partial charge is 0.240 e. The fourth-order valence-corrected chi connectivity index (χ4v) is 3.57. The Morgan fingerprint density at radius 1 is 1.25 bits per heavy atom. The van der Waals surface area contributed by atoms with E-state index >= 15 is 0 Å². The summed E-state index contributed by atoms with van der Waals surface area (Å²) >= 11 is 0. The van der Waals surface area contributed by atoms with Gasteiger partial charge in [0.15, 0.2) is 6.61 Å². The highest BCUT2D eigenvalue weighted by molar-refractivity contribution is 5.22. The van der Waals surface area contributed by atoms with Crippen LogP contribution >= 0.6 is 0 Å². The number of nitrogens with zero attached hydrogens (tertiary/aromatic N) is 4. The molecule has 0 saturated carbocycles. The Labute approximate surface area is 166 Å². The van der Waals surface area contributed by atoms with Crippen LogP contribution in [0.3, 0.4) is 0 Å². The Hall–Kier alpha value is -1.99. The summed E-state index contributed by atoms with van der Waals surface area (Å²) in [5.41, 5.74) is 0. The maximum absolute atomic E-state index is 12.9. The van der Waals surface area contributed by atoms with Gasteiger partial charge in [-0.1, -0.05) is 18.5 Å². The monoisotopic (exact) mass is 390 g/mol. The summed E-state index contributed by atoms with van der Waals surface area (Å²) in [6, 6.07) is 5.89. The standard InChI is InChI=1S/C21H31FN4O2/c1-3-4-11-25(2)14-17-9-12-26(13-10-17)15-21-23-20(24-28-21)16-27-19-7-5-18(22)6-8-19/h5-8,17H,3-4,9-16H2,1-2H3. The van der Waals surface area contributed by atoms with Gasteiger partial charge in [-0.25, -0.2) is 4.39 Å². The summed E-state index contributed by atoms with van der Waals surface area (Å²) in [7, 11) is 2.23. The highest BCUT2D eigenvalue weighted by atomic mass is 19.1. The number of aromatic nitrogens is 2. The van der Waals surface area contributed by atoms with Gasteiger partial charge in [0.05, 0.1) is 6.54 Å². The van der Waals surface area contributed by atoms with Crippen molar-refractivity contribution in [1.82, 2.24) is 19.9 Å². The predicted molar refractivity (Wildman–Crippen MR) is 105 cm³/mol. The number of halogens is 1. The molecule has 0 aliphatic carbocycles. The molecular formula is C21H31FN4O2. The van der Waals surface area contributed by atoms with Crippen LogP contribution in [0.15, 0.2) is 28.8 Å². The zero-order chi connectivity index (χ0) is 19.8. The van der Waals surface area contributed by atoms with E-state index in [4.69, 9.17) is 9.26 Å². The Morgan fingerprint density at radius 2 is 2.00 bits per heavy atom. The van der Waals surface area contributed by atoms with Gasteiger partial charge in [-0.15, -0.1) is 0 Å². The van der Waals surface area contributed by atoms with E-state index in [1.165, 1.54) is 50.9 Å². The summed E-state index contributed by atoms with van der Waals surface area (Å²) in [6.45, 7) is 7.65. The van der Waals surface area contributed by atoms with E-state index in [1.54, 1.807) is 12.1 Å². The van der Waals surface area contributed by atoms with Gasteiger partial charge in [0.25, 0.3) is 0 Å². The first-order chi connectivity index (χ1) is 13.6. The van der Waals surface area contributed by atoms with Crippen molar-refractivity contribution in [2.24, 2.45) is 5.92 Å². The molecule has 7 heteroatoms. The van der Waals surface area contributed by atoms with Crippen molar-refractivity contribution in [2.45, 2.75) is 45.8 Å². The molecule has 0 amide bonds. The molecule has 2 heterocycles. The Bertz CT molecular complexity index is 699. The zero-order valence-corrected chi connectivity index (χ0v) is 16.9. The minimum Gasteiger partial charge on any atom is -0.485 e. The summed E-state index contributed by atoms with van der Waals surface area (Å²) in [5, 5.41) is 3.98. The van der Waals surface area contributed by atoms with Gasteiger partial charge in [-0.2, -0.15) is 4.98 Å². The van der Waals surface area contributed by atoms with Crippen LogP contribution < -0.4 is 4.74 Å². The molecule has 0 bridgehead atoms. The minimum absolute atomic E-state index is 0.210. The molecule has 0 spiro atoms. The van der Waals surface area contributed by atoms with Crippen molar-refractivity contribution in [1.29, 1.82) is 0 Å². The van der Waals surface area contributed by atoms with Gasteiger partial charge in [0.2, 0.25) is 11.7 Å². The molecule has 154 valence electrons. The first-order valence-electron chi connectivity index (χ1n) is 10.2. The van der Waals surface area contributed by atoms with E-state index in [0.717, 1.165) is 19.0 Å². The van der Waals surface area contributed by atoms with E-state index in [1.807, 2.05) is 0 Å². The summed E-state index contributed by atoms with van der Waals surface area (Å²) < 4.78 is 23.8. The fraction of sp³-hybridized carbons (Fsp3) is 0.619. The normalized spacial score (nSPS) is 16.0. The van der Waals surface area contributed by atoms with E-state index in [-0.39, 0.29) is 12.4 Å². The van der Waals surface area contributed by atoms with Crippen LogP contribution in [0.5, 0.6) is 5.75 Å². The number of hydrogen-bond acceptors (Lipinski definition) is 6. The van der Waals surface area contributed by atoms with E-state index < -0.39 is 0 Å². The molecule has 1 saturated heterocycles. The van der Waals surface area contributed by atoms with Crippen LogP contribution in [0, 0.1) is 11.7 Å². The van der Waals surface area contributed by atoms with E-state index in [0.29, 0.717) is 24.0 Å². The van der Waals surface area contributed by atoms with Gasteiger partial charge in [0.1, 0.15) is 11.6 Å². The average Bonchev–Trinajstić information content (AvgIpc) is 3.15. The van der Waals surface area contributed by atoms with Crippen molar-refractivity contribution in [3.63, 3.8) is 0 Å². The lowest BCUT2D eigenvalue weighted by Crippen LogP contribution is -2.37. The number of unbranched alkanes of at least 4 members (excludes halogenated alkanes) is 1. The molecule has 1 fully saturated rings. The van der Waals surface area contributed by atoms with Crippen molar-refractivity contribution in [2.75, 3.05) is 33.2 Å². The van der Waals surface area contributed by atoms with Crippen molar-refractivity contribution in [3.05, 3.63) is 41.8 Å². The van der Waals surface area contributed by atoms with Crippen LogP contribution in [0.4, 0.5) is 4.39 Å². The second-order valence-electron chi connectivity index (χ2n) is 7.68. The second kappa shape index (κ2) is 10.5. The predicted octanol–water partition coefficient (Wildman–Crippen LogP) is 3.73. The van der Waals surface area contributed by atoms with Crippen LogP contribution in [0.25, 0.3) is 0 Å². The third-order valence-electron chi connectivity index (χ3n) is 5.22. The molecule has 28 heavy (non-hydrogen) atoms. The van der Waals surface area contributed by atoms with Crippen LogP contribution in [0.1, 0.15) is 44.3 Å². The Morgan fingerprint density at radius 3 is 2.71 bits per heavy atom. The molecule has 0 atom stereocenters. The molecule has 6 nitrogen and oxygen atoms in total. The van der Waals surface area contributed by atoms with Gasteiger partial charge >= 0.3 is 0 Å². The number of piperidine rings is 1. The van der Waals surface area contributed by atoms with Gasteiger partial charge in [-0.05, 0) is 76.1 Å². The fourth-order valence-electron chi connectivity index (χ4n) is 3.57. The molecule has 0 unspecified atom stereocenters. The third-order valence-corrected chi connectivity index (χ3v) is 5.22. The minimum atomic E-state index is -0.287. The molecule has 1 aliphatic rings. The molecule has 3 rings (SSSR count). The first kappa shape index (κ1) is 20.7. The third kappa shape index (κ3) is 6.56. The molecule has 1 aliphatic heterocycles. The molecule has 0 radical (unpaired) electrons. The van der Waals surface area contributed by atoms with Crippen molar-refractivity contribution >= 4 is 0 Å². The maximum atomic E-state index is 12.9. The molecule has 1 aromatic carbocycles.